The highest BCUT2D eigenvalue weighted by Crippen LogP contribution is 2.33. The molecular weight excluding hydrogens is 224 g/mol. The van der Waals surface area contributed by atoms with Gasteiger partial charge in [0, 0.05) is 18.0 Å². The van der Waals surface area contributed by atoms with E-state index in [0.717, 1.165) is 25.9 Å². The Kier molecular flexibility index (Phi) is 4.44. The quantitative estimate of drug-likeness (QED) is 0.777. The van der Waals surface area contributed by atoms with Gasteiger partial charge in [0.2, 0.25) is 5.91 Å². The summed E-state index contributed by atoms with van der Waals surface area (Å²) in [5, 5.41) is 3.34. The molecule has 1 aliphatic carbocycles. The van der Waals surface area contributed by atoms with Crippen LogP contribution in [0.1, 0.15) is 45.4 Å². The van der Waals surface area contributed by atoms with Gasteiger partial charge in [-0.3, -0.25) is 4.79 Å². The third kappa shape index (κ3) is 2.77. The van der Waals surface area contributed by atoms with Crippen molar-refractivity contribution in [2.75, 3.05) is 19.6 Å². The van der Waals surface area contributed by atoms with Crippen LogP contribution in [0.3, 0.4) is 0 Å². The van der Waals surface area contributed by atoms with Crippen molar-refractivity contribution in [3.63, 3.8) is 0 Å². The van der Waals surface area contributed by atoms with Crippen LogP contribution in [0.5, 0.6) is 0 Å². The minimum Gasteiger partial charge on any atom is -0.336 e. The van der Waals surface area contributed by atoms with Crippen LogP contribution in [0.25, 0.3) is 0 Å². The Morgan fingerprint density at radius 1 is 1.39 bits per heavy atom. The van der Waals surface area contributed by atoms with E-state index in [4.69, 9.17) is 0 Å². The smallest absolute Gasteiger partial charge is 0.229 e. The summed E-state index contributed by atoms with van der Waals surface area (Å²) >= 11 is 0. The highest BCUT2D eigenvalue weighted by molar-refractivity contribution is 5.83. The van der Waals surface area contributed by atoms with E-state index in [-0.39, 0.29) is 5.41 Å². The SMILES string of the molecule is C=CCN(C(=O)C1(C)CCNCC1)C1CCCC1. The molecule has 1 heterocycles. The predicted molar refractivity (Wildman–Crippen MR) is 74.4 cm³/mol. The lowest BCUT2D eigenvalue weighted by Gasteiger charge is -2.39. The topological polar surface area (TPSA) is 32.3 Å². The summed E-state index contributed by atoms with van der Waals surface area (Å²) in [4.78, 5) is 14.9. The molecule has 0 bridgehead atoms. The van der Waals surface area contributed by atoms with Gasteiger partial charge < -0.3 is 10.2 Å². The molecule has 18 heavy (non-hydrogen) atoms. The third-order valence-corrected chi connectivity index (χ3v) is 4.58. The maximum absolute atomic E-state index is 12.8. The zero-order valence-electron chi connectivity index (χ0n) is 11.6. The Bertz CT molecular complexity index is 302. The maximum atomic E-state index is 12.8. The number of amides is 1. The van der Waals surface area contributed by atoms with E-state index in [9.17, 15) is 4.79 Å². The molecule has 0 radical (unpaired) electrons. The summed E-state index contributed by atoms with van der Waals surface area (Å²) in [5.41, 5.74) is -0.156. The molecule has 2 aliphatic rings. The first-order valence-electron chi connectivity index (χ1n) is 7.30. The van der Waals surface area contributed by atoms with Crippen molar-refractivity contribution < 1.29 is 4.79 Å². The van der Waals surface area contributed by atoms with E-state index < -0.39 is 0 Å². The second-order valence-electron chi connectivity index (χ2n) is 6.00. The fourth-order valence-corrected chi connectivity index (χ4v) is 3.29. The Morgan fingerprint density at radius 3 is 2.56 bits per heavy atom. The average molecular weight is 250 g/mol. The molecule has 3 nitrogen and oxygen atoms in total. The maximum Gasteiger partial charge on any atom is 0.229 e. The molecule has 1 aliphatic heterocycles. The zero-order valence-corrected chi connectivity index (χ0v) is 11.6. The normalized spacial score (nSPS) is 23.8. The summed E-state index contributed by atoms with van der Waals surface area (Å²) in [7, 11) is 0. The monoisotopic (exact) mass is 250 g/mol. The number of hydrogen-bond acceptors (Lipinski definition) is 2. The summed E-state index contributed by atoms with van der Waals surface area (Å²) in [6.07, 6.45) is 8.69. The van der Waals surface area contributed by atoms with Gasteiger partial charge in [-0.25, -0.2) is 0 Å². The van der Waals surface area contributed by atoms with Crippen molar-refractivity contribution in [1.82, 2.24) is 10.2 Å². The van der Waals surface area contributed by atoms with Gasteiger partial charge in [-0.1, -0.05) is 25.8 Å². The first-order valence-corrected chi connectivity index (χ1v) is 7.30. The summed E-state index contributed by atoms with van der Waals surface area (Å²) in [5.74, 6) is 0.357. The summed E-state index contributed by atoms with van der Waals surface area (Å²) in [6.45, 7) is 8.60. The van der Waals surface area contributed by atoms with E-state index in [0.29, 0.717) is 18.5 Å². The van der Waals surface area contributed by atoms with Crippen molar-refractivity contribution in [1.29, 1.82) is 0 Å². The fourth-order valence-electron chi connectivity index (χ4n) is 3.29. The van der Waals surface area contributed by atoms with E-state index in [2.05, 4.69) is 23.7 Å². The number of carbonyl (C=O) groups excluding carboxylic acids is 1. The first-order chi connectivity index (χ1) is 8.67. The third-order valence-electron chi connectivity index (χ3n) is 4.58. The van der Waals surface area contributed by atoms with Crippen LogP contribution in [0.15, 0.2) is 12.7 Å². The first kappa shape index (κ1) is 13.6. The number of piperidine rings is 1. The molecule has 1 saturated carbocycles. The van der Waals surface area contributed by atoms with Crippen molar-refractivity contribution >= 4 is 5.91 Å². The Labute approximate surface area is 111 Å². The van der Waals surface area contributed by atoms with Gasteiger partial charge in [0.05, 0.1) is 0 Å². The van der Waals surface area contributed by atoms with Crippen molar-refractivity contribution in [2.45, 2.75) is 51.5 Å². The lowest BCUT2D eigenvalue weighted by Crippen LogP contribution is -2.50. The molecule has 0 aromatic heterocycles. The van der Waals surface area contributed by atoms with Crippen LogP contribution in [0.4, 0.5) is 0 Å². The Morgan fingerprint density at radius 2 is 2.00 bits per heavy atom. The van der Waals surface area contributed by atoms with Crippen LogP contribution in [-0.4, -0.2) is 36.5 Å². The number of nitrogens with zero attached hydrogens (tertiary/aromatic N) is 1. The lowest BCUT2D eigenvalue weighted by molar-refractivity contribution is -0.144. The van der Waals surface area contributed by atoms with Crippen LogP contribution in [-0.2, 0) is 4.79 Å². The average Bonchev–Trinajstić information content (AvgIpc) is 2.90. The van der Waals surface area contributed by atoms with Crippen molar-refractivity contribution in [2.24, 2.45) is 5.41 Å². The van der Waals surface area contributed by atoms with Gasteiger partial charge in [0.15, 0.2) is 0 Å². The van der Waals surface area contributed by atoms with Crippen LogP contribution < -0.4 is 5.32 Å². The summed E-state index contributed by atoms with van der Waals surface area (Å²) < 4.78 is 0. The molecule has 0 aromatic carbocycles. The van der Waals surface area contributed by atoms with Gasteiger partial charge in [-0.2, -0.15) is 0 Å². The molecule has 0 atom stereocenters. The number of rotatable bonds is 4. The molecule has 2 fully saturated rings. The van der Waals surface area contributed by atoms with Crippen LogP contribution >= 0.6 is 0 Å². The lowest BCUT2D eigenvalue weighted by atomic mass is 9.79. The van der Waals surface area contributed by atoms with Crippen molar-refractivity contribution in [3.05, 3.63) is 12.7 Å². The van der Waals surface area contributed by atoms with Crippen LogP contribution in [0, 0.1) is 5.41 Å². The minimum atomic E-state index is -0.156. The van der Waals surface area contributed by atoms with Gasteiger partial charge in [-0.05, 0) is 38.8 Å². The van der Waals surface area contributed by atoms with E-state index >= 15 is 0 Å². The largest absolute Gasteiger partial charge is 0.336 e. The second kappa shape index (κ2) is 5.87. The Hall–Kier alpha value is -0.830. The van der Waals surface area contributed by atoms with E-state index in [1.165, 1.54) is 25.7 Å². The fraction of sp³-hybridized carbons (Fsp3) is 0.800. The predicted octanol–water partition coefficient (Wildman–Crippen LogP) is 2.33. The molecule has 1 N–H and O–H groups in total. The molecule has 0 aromatic rings. The number of nitrogens with one attached hydrogen (secondary N) is 1. The molecule has 3 heteroatoms. The highest BCUT2D eigenvalue weighted by Gasteiger charge is 2.39. The van der Waals surface area contributed by atoms with Gasteiger partial charge in [0.1, 0.15) is 0 Å². The molecule has 2 rings (SSSR count). The molecule has 0 unspecified atom stereocenters. The molecule has 1 saturated heterocycles. The molecule has 1 amide bonds. The van der Waals surface area contributed by atoms with E-state index in [1.807, 2.05) is 6.08 Å². The second-order valence-corrected chi connectivity index (χ2v) is 6.00. The van der Waals surface area contributed by atoms with Crippen molar-refractivity contribution in [3.8, 4) is 0 Å². The van der Waals surface area contributed by atoms with Gasteiger partial charge >= 0.3 is 0 Å². The van der Waals surface area contributed by atoms with Crippen LogP contribution in [0.2, 0.25) is 0 Å². The highest BCUT2D eigenvalue weighted by atomic mass is 16.2. The van der Waals surface area contributed by atoms with Gasteiger partial charge in [0.25, 0.3) is 0 Å². The standard InChI is InChI=1S/C15H26N2O/c1-3-12-17(13-6-4-5-7-13)14(18)15(2)8-10-16-11-9-15/h3,13,16H,1,4-12H2,2H3. The molecule has 102 valence electrons. The van der Waals surface area contributed by atoms with E-state index in [1.54, 1.807) is 0 Å². The minimum absolute atomic E-state index is 0.156. The Balaban J connectivity index is 2.08. The molecular formula is C15H26N2O. The molecule has 0 spiro atoms. The zero-order chi connectivity index (χ0) is 13.0. The van der Waals surface area contributed by atoms with Gasteiger partial charge in [-0.15, -0.1) is 6.58 Å². The number of hydrogen-bond donors (Lipinski definition) is 1. The summed E-state index contributed by atoms with van der Waals surface area (Å²) in [6, 6.07) is 0.460. The number of carbonyl (C=O) groups is 1.